The molecule has 0 saturated carbocycles. The molecule has 6 heteroatoms. The molecule has 2 N–H and O–H groups in total. The van der Waals surface area contributed by atoms with E-state index in [-0.39, 0.29) is 18.6 Å². The second-order valence-electron chi connectivity index (χ2n) is 5.73. The fraction of sp³-hybridized carbons (Fsp3) is 0.263. The van der Waals surface area contributed by atoms with E-state index in [0.717, 1.165) is 10.4 Å². The molecule has 25 heavy (non-hydrogen) atoms. The molecular formula is C19H22N2O3S. The van der Waals surface area contributed by atoms with Gasteiger partial charge in [-0.1, -0.05) is 12.1 Å². The number of nitrogens with two attached hydrogens (primary N) is 1. The highest BCUT2D eigenvalue weighted by molar-refractivity contribution is 7.12. The third kappa shape index (κ3) is 5.46. The summed E-state index contributed by atoms with van der Waals surface area (Å²) >= 11 is 1.70. The fourth-order valence-electron chi connectivity index (χ4n) is 2.17. The number of likely N-dealkylation sites (N-methyl/N-ethyl adjacent to an activating group) is 1. The van der Waals surface area contributed by atoms with E-state index in [9.17, 15) is 9.59 Å². The van der Waals surface area contributed by atoms with E-state index in [1.54, 1.807) is 47.6 Å². The lowest BCUT2D eigenvalue weighted by molar-refractivity contribution is -0.126. The van der Waals surface area contributed by atoms with Gasteiger partial charge < -0.3 is 15.4 Å². The molecule has 2 rings (SSSR count). The highest BCUT2D eigenvalue weighted by Gasteiger charge is 2.16. The first-order valence-electron chi connectivity index (χ1n) is 7.89. The standard InChI is InChI=1S/C19H22N2O3S/c1-13-4-10-17(25-13)14(2)21(3)19(23)11-7-15-5-8-16(9-6-15)24-12-18(20)22/h4-11,14H,12H2,1-3H3,(H2,20,22)/b11-7+. The molecule has 0 saturated heterocycles. The monoisotopic (exact) mass is 358 g/mol. The quantitative estimate of drug-likeness (QED) is 0.773. The van der Waals surface area contributed by atoms with Crippen molar-refractivity contribution < 1.29 is 14.3 Å². The summed E-state index contributed by atoms with van der Waals surface area (Å²) in [5, 5.41) is 0. The van der Waals surface area contributed by atoms with E-state index < -0.39 is 5.91 Å². The number of aryl methyl sites for hydroxylation is 1. The van der Waals surface area contributed by atoms with E-state index in [2.05, 4.69) is 19.1 Å². The highest BCUT2D eigenvalue weighted by Crippen LogP contribution is 2.26. The van der Waals surface area contributed by atoms with Crippen LogP contribution in [0.5, 0.6) is 5.75 Å². The molecule has 1 unspecified atom stereocenters. The second-order valence-corrected chi connectivity index (χ2v) is 7.05. The van der Waals surface area contributed by atoms with E-state index in [4.69, 9.17) is 10.5 Å². The van der Waals surface area contributed by atoms with Crippen molar-refractivity contribution in [1.29, 1.82) is 0 Å². The molecular weight excluding hydrogens is 336 g/mol. The van der Waals surface area contributed by atoms with E-state index in [1.807, 2.05) is 19.1 Å². The molecule has 0 spiro atoms. The van der Waals surface area contributed by atoms with Gasteiger partial charge in [-0.3, -0.25) is 9.59 Å². The summed E-state index contributed by atoms with van der Waals surface area (Å²) in [6.45, 7) is 3.92. The van der Waals surface area contributed by atoms with Crippen molar-refractivity contribution in [1.82, 2.24) is 4.90 Å². The Balaban J connectivity index is 1.95. The van der Waals surface area contributed by atoms with Crippen molar-refractivity contribution in [2.24, 2.45) is 5.73 Å². The average Bonchev–Trinajstić information content (AvgIpc) is 3.03. The van der Waals surface area contributed by atoms with Crippen LogP contribution in [0.1, 0.15) is 28.3 Å². The summed E-state index contributed by atoms with van der Waals surface area (Å²) in [6.07, 6.45) is 3.30. The van der Waals surface area contributed by atoms with Gasteiger partial charge in [0.2, 0.25) is 5.91 Å². The van der Waals surface area contributed by atoms with Crippen LogP contribution in [0.25, 0.3) is 6.08 Å². The summed E-state index contributed by atoms with van der Waals surface area (Å²) < 4.78 is 5.20. The molecule has 132 valence electrons. The number of hydrogen-bond acceptors (Lipinski definition) is 4. The molecule has 1 aromatic carbocycles. The Bertz CT molecular complexity index is 765. The van der Waals surface area contributed by atoms with E-state index in [1.165, 1.54) is 4.88 Å². The Morgan fingerprint density at radius 3 is 2.48 bits per heavy atom. The number of primary amides is 1. The van der Waals surface area contributed by atoms with Gasteiger partial charge in [0.15, 0.2) is 6.61 Å². The molecule has 0 bridgehead atoms. The maximum absolute atomic E-state index is 12.4. The number of nitrogens with zero attached hydrogens (tertiary/aromatic N) is 1. The molecule has 1 atom stereocenters. The number of amides is 2. The maximum Gasteiger partial charge on any atom is 0.255 e. The summed E-state index contributed by atoms with van der Waals surface area (Å²) in [7, 11) is 1.80. The van der Waals surface area contributed by atoms with Gasteiger partial charge in [-0.15, -0.1) is 11.3 Å². The summed E-state index contributed by atoms with van der Waals surface area (Å²) in [5.41, 5.74) is 5.90. The molecule has 1 heterocycles. The number of hydrogen-bond donors (Lipinski definition) is 1. The topological polar surface area (TPSA) is 72.6 Å². The van der Waals surface area contributed by atoms with Crippen molar-refractivity contribution >= 4 is 29.2 Å². The summed E-state index contributed by atoms with van der Waals surface area (Å²) in [4.78, 5) is 27.1. The molecule has 0 radical (unpaired) electrons. The lowest BCUT2D eigenvalue weighted by Gasteiger charge is -2.22. The zero-order chi connectivity index (χ0) is 18.4. The highest BCUT2D eigenvalue weighted by atomic mass is 32.1. The Morgan fingerprint density at radius 1 is 1.24 bits per heavy atom. The van der Waals surface area contributed by atoms with Crippen LogP contribution in [-0.4, -0.2) is 30.4 Å². The van der Waals surface area contributed by atoms with Crippen molar-refractivity contribution in [3.63, 3.8) is 0 Å². The average molecular weight is 358 g/mol. The van der Waals surface area contributed by atoms with Crippen LogP contribution in [0.4, 0.5) is 0 Å². The van der Waals surface area contributed by atoms with Crippen molar-refractivity contribution in [2.45, 2.75) is 19.9 Å². The molecule has 0 aliphatic rings. The number of benzene rings is 1. The van der Waals surface area contributed by atoms with Gasteiger partial charge in [-0.05, 0) is 49.8 Å². The number of rotatable bonds is 7. The summed E-state index contributed by atoms with van der Waals surface area (Å²) in [6, 6.07) is 11.2. The van der Waals surface area contributed by atoms with E-state index in [0.29, 0.717) is 5.75 Å². The second kappa shape index (κ2) is 8.48. The zero-order valence-corrected chi connectivity index (χ0v) is 15.4. The number of carbonyl (C=O) groups excluding carboxylic acids is 2. The van der Waals surface area contributed by atoms with Gasteiger partial charge in [-0.25, -0.2) is 0 Å². The van der Waals surface area contributed by atoms with Crippen molar-refractivity contribution in [3.8, 4) is 5.75 Å². The third-order valence-corrected chi connectivity index (χ3v) is 4.95. The lowest BCUT2D eigenvalue weighted by atomic mass is 10.2. The Morgan fingerprint density at radius 2 is 1.92 bits per heavy atom. The third-order valence-electron chi connectivity index (χ3n) is 3.78. The van der Waals surface area contributed by atoms with Crippen LogP contribution in [0.15, 0.2) is 42.5 Å². The number of thiophene rings is 1. The first-order chi connectivity index (χ1) is 11.9. The van der Waals surface area contributed by atoms with Crippen molar-refractivity contribution in [3.05, 3.63) is 57.8 Å². The Labute approximate surface area is 151 Å². The Hall–Kier alpha value is -2.60. The van der Waals surface area contributed by atoms with Crippen LogP contribution in [-0.2, 0) is 9.59 Å². The van der Waals surface area contributed by atoms with Gasteiger partial charge in [0.05, 0.1) is 6.04 Å². The predicted molar refractivity (Wildman–Crippen MR) is 100 cm³/mol. The predicted octanol–water partition coefficient (Wildman–Crippen LogP) is 3.15. The van der Waals surface area contributed by atoms with Crippen LogP contribution in [0, 0.1) is 6.92 Å². The van der Waals surface area contributed by atoms with Gasteiger partial charge >= 0.3 is 0 Å². The van der Waals surface area contributed by atoms with Crippen LogP contribution >= 0.6 is 11.3 Å². The molecule has 2 aromatic rings. The fourth-order valence-corrected chi connectivity index (χ4v) is 3.15. The molecule has 2 amide bonds. The largest absolute Gasteiger partial charge is 0.484 e. The van der Waals surface area contributed by atoms with Crippen LogP contribution in [0.3, 0.4) is 0 Å². The van der Waals surface area contributed by atoms with Gasteiger partial charge in [0.25, 0.3) is 5.91 Å². The number of carbonyl (C=O) groups is 2. The summed E-state index contributed by atoms with van der Waals surface area (Å²) in [5.74, 6) is -0.0265. The normalized spacial score (nSPS) is 12.1. The zero-order valence-electron chi connectivity index (χ0n) is 14.6. The first-order valence-corrected chi connectivity index (χ1v) is 8.71. The van der Waals surface area contributed by atoms with E-state index >= 15 is 0 Å². The SMILES string of the molecule is Cc1ccc(C(C)N(C)C(=O)/C=C/c2ccc(OCC(N)=O)cc2)s1. The van der Waals surface area contributed by atoms with Crippen molar-refractivity contribution in [2.75, 3.05) is 13.7 Å². The molecule has 0 aliphatic heterocycles. The van der Waals surface area contributed by atoms with Crippen LogP contribution < -0.4 is 10.5 Å². The molecule has 0 fully saturated rings. The molecule has 0 aliphatic carbocycles. The minimum atomic E-state index is -0.521. The maximum atomic E-state index is 12.4. The minimum Gasteiger partial charge on any atom is -0.484 e. The van der Waals surface area contributed by atoms with Gasteiger partial charge in [0, 0.05) is 22.9 Å². The molecule has 5 nitrogen and oxygen atoms in total. The first kappa shape index (κ1) is 18.7. The van der Waals surface area contributed by atoms with Gasteiger partial charge in [-0.2, -0.15) is 0 Å². The van der Waals surface area contributed by atoms with Gasteiger partial charge in [0.1, 0.15) is 5.75 Å². The van der Waals surface area contributed by atoms with Crippen LogP contribution in [0.2, 0.25) is 0 Å². The minimum absolute atomic E-state index is 0.0282. The smallest absolute Gasteiger partial charge is 0.255 e. The number of ether oxygens (including phenoxy) is 1. The lowest BCUT2D eigenvalue weighted by Crippen LogP contribution is -2.27. The molecule has 1 aromatic heterocycles. The Kier molecular flexibility index (Phi) is 6.36.